The third-order valence-corrected chi connectivity index (χ3v) is 3.53. The van der Waals surface area contributed by atoms with Gasteiger partial charge in [0.15, 0.2) is 11.5 Å². The molecule has 1 rings (SSSR count). The molecule has 0 bridgehead atoms. The molecule has 0 aliphatic heterocycles. The van der Waals surface area contributed by atoms with Crippen molar-refractivity contribution in [3.63, 3.8) is 0 Å². The molecule has 5 heteroatoms. The highest BCUT2D eigenvalue weighted by Crippen LogP contribution is 2.38. The number of hydrogen-bond acceptors (Lipinski definition) is 5. The van der Waals surface area contributed by atoms with Gasteiger partial charge in [-0.2, -0.15) is 0 Å². The lowest BCUT2D eigenvalue weighted by Crippen LogP contribution is -2.25. The molecule has 0 heterocycles. The molecule has 0 amide bonds. The van der Waals surface area contributed by atoms with E-state index in [0.29, 0.717) is 17.2 Å². The van der Waals surface area contributed by atoms with Crippen molar-refractivity contribution < 1.29 is 23.7 Å². The Hall–Kier alpha value is -1.91. The van der Waals surface area contributed by atoms with Gasteiger partial charge < -0.3 is 18.9 Å². The first-order valence-electron chi connectivity index (χ1n) is 6.85. The molecule has 0 saturated carbocycles. The van der Waals surface area contributed by atoms with Crippen molar-refractivity contribution in [1.29, 1.82) is 0 Å². The Balaban J connectivity index is 2.92. The van der Waals surface area contributed by atoms with Gasteiger partial charge in [0.1, 0.15) is 6.61 Å². The first-order chi connectivity index (χ1) is 9.89. The summed E-state index contributed by atoms with van der Waals surface area (Å²) in [7, 11) is 4.64. The second-order valence-corrected chi connectivity index (χ2v) is 5.35. The van der Waals surface area contributed by atoms with Gasteiger partial charge in [-0.25, -0.2) is 0 Å². The number of rotatable bonds is 7. The Labute approximate surface area is 126 Å². The van der Waals surface area contributed by atoms with Crippen molar-refractivity contribution in [2.75, 3.05) is 21.3 Å². The van der Waals surface area contributed by atoms with Crippen LogP contribution in [-0.4, -0.2) is 27.3 Å². The molecule has 0 aromatic heterocycles. The summed E-state index contributed by atoms with van der Waals surface area (Å²) in [6.07, 6.45) is 0.723. The minimum absolute atomic E-state index is 0.166. The van der Waals surface area contributed by atoms with Gasteiger partial charge >= 0.3 is 5.97 Å². The van der Waals surface area contributed by atoms with Crippen LogP contribution in [0.2, 0.25) is 0 Å². The van der Waals surface area contributed by atoms with Crippen molar-refractivity contribution in [2.24, 2.45) is 5.41 Å². The van der Waals surface area contributed by atoms with E-state index in [9.17, 15) is 4.79 Å². The molecule has 1 aromatic carbocycles. The second-order valence-electron chi connectivity index (χ2n) is 5.35. The third-order valence-electron chi connectivity index (χ3n) is 3.53. The van der Waals surface area contributed by atoms with Crippen LogP contribution in [0.25, 0.3) is 0 Å². The molecule has 0 radical (unpaired) electrons. The van der Waals surface area contributed by atoms with E-state index in [1.165, 1.54) is 0 Å². The maximum absolute atomic E-state index is 12.0. The first-order valence-corrected chi connectivity index (χ1v) is 6.85. The number of methoxy groups -OCH3 is 3. The van der Waals surface area contributed by atoms with Gasteiger partial charge in [0.05, 0.1) is 26.7 Å². The van der Waals surface area contributed by atoms with Gasteiger partial charge in [-0.3, -0.25) is 4.79 Å². The number of benzene rings is 1. The summed E-state index contributed by atoms with van der Waals surface area (Å²) in [6.45, 7) is 5.86. The average molecular weight is 296 g/mol. The molecule has 118 valence electrons. The maximum atomic E-state index is 12.0. The molecular weight excluding hydrogens is 272 g/mol. The summed E-state index contributed by atoms with van der Waals surface area (Å²) in [6, 6.07) is 3.54. The molecule has 5 nitrogen and oxygen atoms in total. The van der Waals surface area contributed by atoms with Gasteiger partial charge in [0.25, 0.3) is 0 Å². The molecule has 1 aromatic rings. The second kappa shape index (κ2) is 7.20. The van der Waals surface area contributed by atoms with E-state index in [1.807, 2.05) is 20.8 Å². The smallest absolute Gasteiger partial charge is 0.311 e. The Morgan fingerprint density at radius 1 is 1.05 bits per heavy atom. The van der Waals surface area contributed by atoms with Crippen LogP contribution in [0, 0.1) is 5.41 Å². The Bertz CT molecular complexity index is 468. The van der Waals surface area contributed by atoms with Gasteiger partial charge in [0, 0.05) is 0 Å². The van der Waals surface area contributed by atoms with Gasteiger partial charge in [-0.15, -0.1) is 0 Å². The fraction of sp³-hybridized carbons (Fsp3) is 0.562. The summed E-state index contributed by atoms with van der Waals surface area (Å²) in [5.41, 5.74) is 0.297. The van der Waals surface area contributed by atoms with Crippen LogP contribution in [-0.2, 0) is 16.1 Å². The molecule has 0 aliphatic carbocycles. The van der Waals surface area contributed by atoms with Crippen molar-refractivity contribution in [2.45, 2.75) is 33.8 Å². The molecule has 0 unspecified atom stereocenters. The van der Waals surface area contributed by atoms with Crippen LogP contribution in [0.3, 0.4) is 0 Å². The molecule has 0 saturated heterocycles. The lowest BCUT2D eigenvalue weighted by Gasteiger charge is -2.20. The summed E-state index contributed by atoms with van der Waals surface area (Å²) in [4.78, 5) is 12.0. The average Bonchev–Trinajstić information content (AvgIpc) is 2.50. The molecule has 21 heavy (non-hydrogen) atoms. The maximum Gasteiger partial charge on any atom is 0.311 e. The zero-order chi connectivity index (χ0) is 16.0. The zero-order valence-electron chi connectivity index (χ0n) is 13.6. The lowest BCUT2D eigenvalue weighted by atomic mass is 9.91. The van der Waals surface area contributed by atoms with E-state index < -0.39 is 5.41 Å². The van der Waals surface area contributed by atoms with E-state index in [2.05, 4.69) is 0 Å². The Morgan fingerprint density at radius 2 is 1.57 bits per heavy atom. The van der Waals surface area contributed by atoms with Gasteiger partial charge in [0.2, 0.25) is 5.75 Å². The lowest BCUT2D eigenvalue weighted by molar-refractivity contribution is -0.155. The van der Waals surface area contributed by atoms with Crippen molar-refractivity contribution in [3.8, 4) is 17.2 Å². The molecule has 0 atom stereocenters. The molecule has 0 aliphatic rings. The Morgan fingerprint density at radius 3 is 1.95 bits per heavy atom. The van der Waals surface area contributed by atoms with Gasteiger partial charge in [-0.05, 0) is 38.0 Å². The van der Waals surface area contributed by atoms with Crippen LogP contribution in [0.4, 0.5) is 0 Å². The highest BCUT2D eigenvalue weighted by atomic mass is 16.5. The van der Waals surface area contributed by atoms with Crippen molar-refractivity contribution in [3.05, 3.63) is 17.7 Å². The number of hydrogen-bond donors (Lipinski definition) is 0. The number of esters is 1. The summed E-state index contributed by atoms with van der Waals surface area (Å²) in [5, 5.41) is 0. The molecule has 0 N–H and O–H groups in total. The highest BCUT2D eigenvalue weighted by molar-refractivity contribution is 5.75. The van der Waals surface area contributed by atoms with Crippen molar-refractivity contribution >= 4 is 5.97 Å². The number of carbonyl (C=O) groups is 1. The highest BCUT2D eigenvalue weighted by Gasteiger charge is 2.27. The summed E-state index contributed by atoms with van der Waals surface area (Å²) < 4.78 is 21.2. The Kier molecular flexibility index (Phi) is 5.88. The summed E-state index contributed by atoms with van der Waals surface area (Å²) >= 11 is 0. The predicted octanol–water partition coefficient (Wildman–Crippen LogP) is 3.19. The monoisotopic (exact) mass is 296 g/mol. The van der Waals surface area contributed by atoms with E-state index in [4.69, 9.17) is 18.9 Å². The van der Waals surface area contributed by atoms with Gasteiger partial charge in [-0.1, -0.05) is 6.92 Å². The number of ether oxygens (including phenoxy) is 4. The molecule has 0 fully saturated rings. The predicted molar refractivity (Wildman–Crippen MR) is 80.0 cm³/mol. The summed E-state index contributed by atoms with van der Waals surface area (Å²) in [5.74, 6) is 1.37. The van der Waals surface area contributed by atoms with E-state index in [-0.39, 0.29) is 12.6 Å². The quantitative estimate of drug-likeness (QED) is 0.723. The third kappa shape index (κ3) is 4.03. The molecule has 0 spiro atoms. The van der Waals surface area contributed by atoms with Crippen molar-refractivity contribution in [1.82, 2.24) is 0 Å². The van der Waals surface area contributed by atoms with Crippen LogP contribution in [0.1, 0.15) is 32.8 Å². The minimum Gasteiger partial charge on any atom is -0.493 e. The normalized spacial score (nSPS) is 11.0. The fourth-order valence-electron chi connectivity index (χ4n) is 1.71. The number of carbonyl (C=O) groups excluding carboxylic acids is 1. The van der Waals surface area contributed by atoms with Crippen LogP contribution in [0.5, 0.6) is 17.2 Å². The fourth-order valence-corrected chi connectivity index (χ4v) is 1.71. The SMILES string of the molecule is CCC(C)(C)C(=O)OCc1cc(OC)c(OC)c(OC)c1. The zero-order valence-corrected chi connectivity index (χ0v) is 13.6. The van der Waals surface area contributed by atoms with Crippen LogP contribution in [0.15, 0.2) is 12.1 Å². The first kappa shape index (κ1) is 17.1. The van der Waals surface area contributed by atoms with E-state index in [0.717, 1.165) is 12.0 Å². The van der Waals surface area contributed by atoms with E-state index in [1.54, 1.807) is 33.5 Å². The molecular formula is C16H24O5. The van der Waals surface area contributed by atoms with Crippen LogP contribution >= 0.6 is 0 Å². The standard InChI is InChI=1S/C16H24O5/c1-7-16(2,3)15(17)21-10-11-8-12(18-4)14(20-6)13(9-11)19-5/h8-9H,7,10H2,1-6H3. The topological polar surface area (TPSA) is 54.0 Å². The van der Waals surface area contributed by atoms with E-state index >= 15 is 0 Å². The van der Waals surface area contributed by atoms with Crippen LogP contribution < -0.4 is 14.2 Å². The minimum atomic E-state index is -0.485. The largest absolute Gasteiger partial charge is 0.493 e.